The van der Waals surface area contributed by atoms with E-state index in [9.17, 15) is 4.79 Å². The molecule has 174 valence electrons. The molecule has 0 aromatic heterocycles. The highest BCUT2D eigenvalue weighted by Crippen LogP contribution is 2.26. The molecular weight excluding hydrogens is 430 g/mol. The lowest BCUT2D eigenvalue weighted by molar-refractivity contribution is -0.149. The van der Waals surface area contributed by atoms with Gasteiger partial charge in [0.2, 0.25) is 6.79 Å². The van der Waals surface area contributed by atoms with Gasteiger partial charge in [0.05, 0.1) is 22.7 Å². The van der Waals surface area contributed by atoms with Crippen LogP contribution >= 0.6 is 0 Å². The molecule has 8 heteroatoms. The van der Waals surface area contributed by atoms with Crippen LogP contribution in [-0.4, -0.2) is 25.9 Å². The van der Waals surface area contributed by atoms with E-state index in [4.69, 9.17) is 9.47 Å². The van der Waals surface area contributed by atoms with Gasteiger partial charge < -0.3 is 14.4 Å². The fourth-order valence-corrected chi connectivity index (χ4v) is 3.40. The summed E-state index contributed by atoms with van der Waals surface area (Å²) in [6.45, 7) is 3.87. The largest absolute Gasteiger partial charge is 0.457 e. The minimum absolute atomic E-state index is 0.110. The summed E-state index contributed by atoms with van der Waals surface area (Å²) in [6, 6.07) is 22.6. The van der Waals surface area contributed by atoms with E-state index in [0.29, 0.717) is 23.5 Å². The number of carbonyl (C=O) groups excluding carboxylic acids is 1. The molecule has 0 spiro atoms. The Hall–Kier alpha value is -4.07. The number of azo groups is 2. The standard InChI is InChI=1S/C26H27N5O3/c1-2-26(32)34-19-33-25-15-11-23(12-16-25)30-28-21-7-5-20(6-8-21)27-29-22-9-13-24(14-10-22)31-17-3-4-18-31/h5-16H,2-4,17-19H2,1H3. The molecule has 0 amide bonds. The van der Waals surface area contributed by atoms with Gasteiger partial charge in [-0.05, 0) is 85.6 Å². The van der Waals surface area contributed by atoms with Crippen LogP contribution in [0.5, 0.6) is 5.75 Å². The lowest BCUT2D eigenvalue weighted by Gasteiger charge is -2.17. The summed E-state index contributed by atoms with van der Waals surface area (Å²) in [5, 5.41) is 17.1. The van der Waals surface area contributed by atoms with Gasteiger partial charge in [0, 0.05) is 25.2 Å². The Bertz CT molecular complexity index is 1120. The van der Waals surface area contributed by atoms with Crippen molar-refractivity contribution >= 4 is 34.4 Å². The fraction of sp³-hybridized carbons (Fsp3) is 0.269. The number of hydrogen-bond donors (Lipinski definition) is 0. The molecule has 8 nitrogen and oxygen atoms in total. The predicted molar refractivity (Wildman–Crippen MR) is 131 cm³/mol. The van der Waals surface area contributed by atoms with Crippen LogP contribution < -0.4 is 9.64 Å². The number of carbonyl (C=O) groups is 1. The van der Waals surface area contributed by atoms with E-state index in [0.717, 1.165) is 24.5 Å². The molecule has 3 aromatic rings. The molecule has 0 bridgehead atoms. The summed E-state index contributed by atoms with van der Waals surface area (Å²) in [5.41, 5.74) is 4.20. The summed E-state index contributed by atoms with van der Waals surface area (Å²) in [5.74, 6) is 0.285. The Morgan fingerprint density at radius 1 is 0.735 bits per heavy atom. The van der Waals surface area contributed by atoms with Crippen LogP contribution in [0.4, 0.5) is 28.4 Å². The van der Waals surface area contributed by atoms with Gasteiger partial charge in [0.25, 0.3) is 0 Å². The number of nitrogens with zero attached hydrogens (tertiary/aromatic N) is 5. The van der Waals surface area contributed by atoms with Crippen molar-refractivity contribution in [1.82, 2.24) is 0 Å². The first-order chi connectivity index (χ1) is 16.7. The van der Waals surface area contributed by atoms with Gasteiger partial charge in [-0.1, -0.05) is 6.92 Å². The average Bonchev–Trinajstić information content (AvgIpc) is 3.43. The molecule has 1 aliphatic heterocycles. The van der Waals surface area contributed by atoms with Crippen molar-refractivity contribution in [3.63, 3.8) is 0 Å². The van der Waals surface area contributed by atoms with Crippen LogP contribution in [0.2, 0.25) is 0 Å². The minimum atomic E-state index is -0.301. The van der Waals surface area contributed by atoms with Crippen molar-refractivity contribution in [2.24, 2.45) is 20.5 Å². The Morgan fingerprint density at radius 2 is 1.18 bits per heavy atom. The number of esters is 1. The van der Waals surface area contributed by atoms with Crippen molar-refractivity contribution < 1.29 is 14.3 Å². The van der Waals surface area contributed by atoms with E-state index in [1.165, 1.54) is 18.5 Å². The second-order valence-corrected chi connectivity index (χ2v) is 7.75. The molecule has 3 aromatic carbocycles. The Labute approximate surface area is 199 Å². The highest BCUT2D eigenvalue weighted by atomic mass is 16.7. The van der Waals surface area contributed by atoms with E-state index in [2.05, 4.69) is 37.5 Å². The topological polar surface area (TPSA) is 88.2 Å². The maximum Gasteiger partial charge on any atom is 0.308 e. The van der Waals surface area contributed by atoms with Crippen molar-refractivity contribution in [3.05, 3.63) is 72.8 Å². The summed E-state index contributed by atoms with van der Waals surface area (Å²) >= 11 is 0. The van der Waals surface area contributed by atoms with E-state index < -0.39 is 0 Å². The van der Waals surface area contributed by atoms with Crippen molar-refractivity contribution in [1.29, 1.82) is 0 Å². The van der Waals surface area contributed by atoms with Gasteiger partial charge in [-0.15, -0.1) is 0 Å². The number of anilines is 1. The van der Waals surface area contributed by atoms with Gasteiger partial charge in [0.15, 0.2) is 0 Å². The third-order valence-electron chi connectivity index (χ3n) is 5.30. The first-order valence-corrected chi connectivity index (χ1v) is 11.4. The Balaban J connectivity index is 1.28. The molecule has 0 saturated carbocycles. The van der Waals surface area contributed by atoms with Gasteiger partial charge in [0.1, 0.15) is 5.75 Å². The van der Waals surface area contributed by atoms with Crippen LogP contribution in [0.15, 0.2) is 93.3 Å². The van der Waals surface area contributed by atoms with Gasteiger partial charge in [-0.25, -0.2) is 0 Å². The number of hydrogen-bond acceptors (Lipinski definition) is 8. The van der Waals surface area contributed by atoms with Crippen LogP contribution in [0.25, 0.3) is 0 Å². The van der Waals surface area contributed by atoms with Crippen LogP contribution in [0.3, 0.4) is 0 Å². The quantitative estimate of drug-likeness (QED) is 0.190. The second-order valence-electron chi connectivity index (χ2n) is 7.75. The van der Waals surface area contributed by atoms with Crippen LogP contribution in [-0.2, 0) is 9.53 Å². The average molecular weight is 458 g/mol. The minimum Gasteiger partial charge on any atom is -0.457 e. The smallest absolute Gasteiger partial charge is 0.308 e. The number of ether oxygens (including phenoxy) is 2. The molecule has 0 atom stereocenters. The highest BCUT2D eigenvalue weighted by Gasteiger charge is 2.11. The lowest BCUT2D eigenvalue weighted by atomic mass is 10.2. The molecule has 1 heterocycles. The molecular formula is C26H27N5O3. The second kappa shape index (κ2) is 11.7. The summed E-state index contributed by atoms with van der Waals surface area (Å²) in [6.07, 6.45) is 2.84. The third kappa shape index (κ3) is 6.71. The molecule has 0 radical (unpaired) electrons. The zero-order valence-electron chi connectivity index (χ0n) is 19.1. The SMILES string of the molecule is CCC(=O)OCOc1ccc(N=Nc2ccc(N=Nc3ccc(N4CCCC4)cc3)cc2)cc1. The highest BCUT2D eigenvalue weighted by molar-refractivity contribution is 5.68. The van der Waals surface area contributed by atoms with E-state index in [1.807, 2.05) is 36.4 Å². The summed E-state index contributed by atoms with van der Waals surface area (Å²) < 4.78 is 10.2. The molecule has 1 saturated heterocycles. The van der Waals surface area contributed by atoms with Gasteiger partial charge in [-0.2, -0.15) is 20.5 Å². The zero-order chi connectivity index (χ0) is 23.6. The summed E-state index contributed by atoms with van der Waals surface area (Å²) in [4.78, 5) is 13.5. The molecule has 34 heavy (non-hydrogen) atoms. The van der Waals surface area contributed by atoms with E-state index in [1.54, 1.807) is 31.2 Å². The van der Waals surface area contributed by atoms with Gasteiger partial charge >= 0.3 is 5.97 Å². The van der Waals surface area contributed by atoms with Crippen molar-refractivity contribution in [2.75, 3.05) is 24.8 Å². The first kappa shape index (κ1) is 23.1. The molecule has 0 aliphatic carbocycles. The Morgan fingerprint density at radius 3 is 1.65 bits per heavy atom. The molecule has 0 unspecified atom stereocenters. The first-order valence-electron chi connectivity index (χ1n) is 11.4. The molecule has 1 fully saturated rings. The molecule has 4 rings (SSSR count). The van der Waals surface area contributed by atoms with Crippen LogP contribution in [0.1, 0.15) is 26.2 Å². The van der Waals surface area contributed by atoms with E-state index >= 15 is 0 Å². The number of benzene rings is 3. The molecule has 0 N–H and O–H groups in total. The number of rotatable bonds is 9. The summed E-state index contributed by atoms with van der Waals surface area (Å²) in [7, 11) is 0. The third-order valence-corrected chi connectivity index (χ3v) is 5.30. The van der Waals surface area contributed by atoms with Crippen molar-refractivity contribution in [3.8, 4) is 5.75 Å². The monoisotopic (exact) mass is 457 g/mol. The maximum atomic E-state index is 11.1. The predicted octanol–water partition coefficient (Wildman–Crippen LogP) is 7.41. The zero-order valence-corrected chi connectivity index (χ0v) is 19.1. The lowest BCUT2D eigenvalue weighted by Crippen LogP contribution is -2.17. The normalized spacial score (nSPS) is 13.6. The van der Waals surface area contributed by atoms with Crippen molar-refractivity contribution in [2.45, 2.75) is 26.2 Å². The molecule has 1 aliphatic rings. The van der Waals surface area contributed by atoms with E-state index in [-0.39, 0.29) is 12.8 Å². The maximum absolute atomic E-state index is 11.1. The Kier molecular flexibility index (Phi) is 7.95. The van der Waals surface area contributed by atoms with Gasteiger partial charge in [-0.3, -0.25) is 4.79 Å². The fourth-order valence-electron chi connectivity index (χ4n) is 3.40. The van der Waals surface area contributed by atoms with Crippen LogP contribution in [0, 0.1) is 0 Å².